The molecular formula is C18H18N4O6. The van der Waals surface area contributed by atoms with Crippen molar-refractivity contribution in [3.8, 4) is 0 Å². The second kappa shape index (κ2) is 7.82. The molecular weight excluding hydrogens is 368 g/mol. The molecule has 0 heterocycles. The Balaban J connectivity index is 2.28. The summed E-state index contributed by atoms with van der Waals surface area (Å²) in [6.45, 7) is 5.48. The van der Waals surface area contributed by atoms with E-state index in [1.165, 1.54) is 12.1 Å². The summed E-state index contributed by atoms with van der Waals surface area (Å²) in [4.78, 5) is 44.9. The van der Waals surface area contributed by atoms with E-state index in [0.717, 1.165) is 18.2 Å². The lowest BCUT2D eigenvalue weighted by Gasteiger charge is -2.20. The van der Waals surface area contributed by atoms with Crippen molar-refractivity contribution in [2.45, 2.75) is 26.3 Å². The molecule has 2 rings (SSSR count). The topological polar surface area (TPSA) is 144 Å². The summed E-state index contributed by atoms with van der Waals surface area (Å²) < 4.78 is 0. The highest BCUT2D eigenvalue weighted by Crippen LogP contribution is 2.23. The van der Waals surface area contributed by atoms with Gasteiger partial charge in [-0.3, -0.25) is 29.8 Å². The van der Waals surface area contributed by atoms with Gasteiger partial charge in [0, 0.05) is 28.9 Å². The van der Waals surface area contributed by atoms with Gasteiger partial charge in [0.2, 0.25) is 0 Å². The van der Waals surface area contributed by atoms with Crippen LogP contribution in [0.2, 0.25) is 0 Å². The number of non-ortho nitro benzene ring substituents is 2. The average molecular weight is 386 g/mol. The van der Waals surface area contributed by atoms with Crippen molar-refractivity contribution in [2.75, 3.05) is 5.32 Å². The number of nitrogens with zero attached hydrogens (tertiary/aromatic N) is 2. The van der Waals surface area contributed by atoms with Gasteiger partial charge < -0.3 is 10.6 Å². The molecule has 0 aliphatic rings. The van der Waals surface area contributed by atoms with Gasteiger partial charge in [-0.05, 0) is 39.0 Å². The molecule has 2 N–H and O–H groups in total. The first-order chi connectivity index (χ1) is 13.0. The SMILES string of the molecule is CC(C)(C)NC(=O)c1cccc(NC(=O)c2cc([N+](=O)[O-])cc([N+](=O)[O-])c2)c1. The monoisotopic (exact) mass is 386 g/mol. The van der Waals surface area contributed by atoms with Crippen molar-refractivity contribution in [2.24, 2.45) is 0 Å². The maximum atomic E-state index is 12.4. The minimum absolute atomic E-state index is 0.245. The van der Waals surface area contributed by atoms with E-state index < -0.39 is 32.7 Å². The highest BCUT2D eigenvalue weighted by Gasteiger charge is 2.20. The molecule has 0 saturated heterocycles. The third kappa shape index (κ3) is 5.34. The Morgan fingerprint density at radius 1 is 0.857 bits per heavy atom. The van der Waals surface area contributed by atoms with Gasteiger partial charge in [0.25, 0.3) is 23.2 Å². The Labute approximate surface area is 159 Å². The number of nitro benzene ring substituents is 2. The van der Waals surface area contributed by atoms with E-state index in [1.54, 1.807) is 12.1 Å². The maximum absolute atomic E-state index is 12.4. The zero-order chi connectivity index (χ0) is 21.1. The molecule has 0 radical (unpaired) electrons. The van der Waals surface area contributed by atoms with Crippen molar-refractivity contribution in [1.29, 1.82) is 0 Å². The normalized spacial score (nSPS) is 10.8. The van der Waals surface area contributed by atoms with E-state index in [0.29, 0.717) is 5.56 Å². The molecule has 0 aliphatic carbocycles. The fourth-order valence-electron chi connectivity index (χ4n) is 2.29. The van der Waals surface area contributed by atoms with Gasteiger partial charge in [-0.2, -0.15) is 0 Å². The minimum Gasteiger partial charge on any atom is -0.347 e. The lowest BCUT2D eigenvalue weighted by atomic mass is 10.1. The van der Waals surface area contributed by atoms with Crippen molar-refractivity contribution >= 4 is 28.9 Å². The van der Waals surface area contributed by atoms with Crippen LogP contribution in [-0.4, -0.2) is 27.2 Å². The van der Waals surface area contributed by atoms with E-state index in [4.69, 9.17) is 0 Å². The Hall–Kier alpha value is -3.82. The van der Waals surface area contributed by atoms with Gasteiger partial charge in [0.1, 0.15) is 0 Å². The van der Waals surface area contributed by atoms with E-state index in [-0.39, 0.29) is 17.2 Å². The van der Waals surface area contributed by atoms with Crippen LogP contribution < -0.4 is 10.6 Å². The summed E-state index contributed by atoms with van der Waals surface area (Å²) in [5, 5.41) is 27.2. The van der Waals surface area contributed by atoms with Gasteiger partial charge in [-0.25, -0.2) is 0 Å². The van der Waals surface area contributed by atoms with Crippen LogP contribution in [0.1, 0.15) is 41.5 Å². The number of benzene rings is 2. The fraction of sp³-hybridized carbons (Fsp3) is 0.222. The molecule has 2 aromatic rings. The van der Waals surface area contributed by atoms with E-state index in [9.17, 15) is 29.8 Å². The molecule has 0 spiro atoms. The summed E-state index contributed by atoms with van der Waals surface area (Å²) >= 11 is 0. The molecule has 0 unspecified atom stereocenters. The number of rotatable bonds is 5. The van der Waals surface area contributed by atoms with Gasteiger partial charge in [-0.1, -0.05) is 6.07 Å². The summed E-state index contributed by atoms with van der Waals surface area (Å²) in [5.74, 6) is -1.12. The van der Waals surface area contributed by atoms with Crippen LogP contribution in [-0.2, 0) is 0 Å². The number of carbonyl (C=O) groups is 2. The third-order valence-electron chi connectivity index (χ3n) is 3.46. The third-order valence-corrected chi connectivity index (χ3v) is 3.46. The number of amides is 2. The molecule has 2 amide bonds. The first-order valence-electron chi connectivity index (χ1n) is 8.14. The van der Waals surface area contributed by atoms with Crippen molar-refractivity contribution < 1.29 is 19.4 Å². The van der Waals surface area contributed by atoms with Gasteiger partial charge in [0.05, 0.1) is 21.5 Å². The molecule has 28 heavy (non-hydrogen) atoms. The number of hydrogen-bond acceptors (Lipinski definition) is 6. The zero-order valence-electron chi connectivity index (χ0n) is 15.4. The largest absolute Gasteiger partial charge is 0.347 e. The van der Waals surface area contributed by atoms with Crippen LogP contribution in [0.15, 0.2) is 42.5 Å². The molecule has 2 aromatic carbocycles. The van der Waals surface area contributed by atoms with Gasteiger partial charge in [-0.15, -0.1) is 0 Å². The van der Waals surface area contributed by atoms with E-state index in [2.05, 4.69) is 10.6 Å². The quantitative estimate of drug-likeness (QED) is 0.596. The second-order valence-corrected chi connectivity index (χ2v) is 6.99. The van der Waals surface area contributed by atoms with Gasteiger partial charge >= 0.3 is 0 Å². The molecule has 0 fully saturated rings. The lowest BCUT2D eigenvalue weighted by molar-refractivity contribution is -0.394. The van der Waals surface area contributed by atoms with Crippen molar-refractivity contribution in [3.63, 3.8) is 0 Å². The van der Waals surface area contributed by atoms with E-state index in [1.807, 2.05) is 20.8 Å². The van der Waals surface area contributed by atoms with Crippen LogP contribution in [0.25, 0.3) is 0 Å². The molecule has 0 aliphatic heterocycles. The smallest absolute Gasteiger partial charge is 0.277 e. The van der Waals surface area contributed by atoms with E-state index >= 15 is 0 Å². The number of nitro groups is 2. The fourth-order valence-corrected chi connectivity index (χ4v) is 2.29. The molecule has 0 atom stereocenters. The minimum atomic E-state index is -0.818. The lowest BCUT2D eigenvalue weighted by Crippen LogP contribution is -2.40. The number of anilines is 1. The first kappa shape index (κ1) is 20.5. The molecule has 0 aromatic heterocycles. The Morgan fingerprint density at radius 3 is 1.93 bits per heavy atom. The number of carbonyl (C=O) groups excluding carboxylic acids is 2. The van der Waals surface area contributed by atoms with Crippen LogP contribution in [0.4, 0.5) is 17.1 Å². The first-order valence-corrected chi connectivity index (χ1v) is 8.14. The Bertz CT molecular complexity index is 933. The molecule has 0 saturated carbocycles. The summed E-state index contributed by atoms with van der Waals surface area (Å²) in [6.07, 6.45) is 0. The Morgan fingerprint density at radius 2 is 1.43 bits per heavy atom. The highest BCUT2D eigenvalue weighted by atomic mass is 16.6. The maximum Gasteiger partial charge on any atom is 0.277 e. The number of hydrogen-bond donors (Lipinski definition) is 2. The molecule has 0 bridgehead atoms. The molecule has 146 valence electrons. The predicted octanol–water partition coefficient (Wildman–Crippen LogP) is 3.28. The van der Waals surface area contributed by atoms with Crippen molar-refractivity contribution in [1.82, 2.24) is 5.32 Å². The summed E-state index contributed by atoms with van der Waals surface area (Å²) in [5.41, 5.74) is -1.27. The van der Waals surface area contributed by atoms with Gasteiger partial charge in [0.15, 0.2) is 0 Å². The predicted molar refractivity (Wildman–Crippen MR) is 101 cm³/mol. The average Bonchev–Trinajstić information content (AvgIpc) is 2.60. The van der Waals surface area contributed by atoms with Crippen LogP contribution in [0.5, 0.6) is 0 Å². The second-order valence-electron chi connectivity index (χ2n) is 6.99. The summed E-state index contributed by atoms with van der Waals surface area (Å²) in [7, 11) is 0. The molecule has 10 nitrogen and oxygen atoms in total. The summed E-state index contributed by atoms with van der Waals surface area (Å²) in [6, 6.07) is 8.74. The number of nitrogens with one attached hydrogen (secondary N) is 2. The standard InChI is InChI=1S/C18H18N4O6/c1-18(2,3)20-17(24)11-5-4-6-13(7-11)19-16(23)12-8-14(21(25)26)10-15(9-12)22(27)28/h4-10H,1-3H3,(H,19,23)(H,20,24). The Kier molecular flexibility index (Phi) is 5.73. The van der Waals surface area contributed by atoms with Crippen molar-refractivity contribution in [3.05, 3.63) is 73.8 Å². The zero-order valence-corrected chi connectivity index (χ0v) is 15.4. The van der Waals surface area contributed by atoms with Crippen LogP contribution in [0.3, 0.4) is 0 Å². The van der Waals surface area contributed by atoms with Crippen LogP contribution >= 0.6 is 0 Å². The van der Waals surface area contributed by atoms with Crippen LogP contribution in [0, 0.1) is 20.2 Å². The highest BCUT2D eigenvalue weighted by molar-refractivity contribution is 6.06. The molecule has 10 heteroatoms.